The number of carboxylic acids is 1. The highest BCUT2D eigenvalue weighted by Gasteiger charge is 2.34. The molecule has 0 spiro atoms. The highest BCUT2D eigenvalue weighted by atomic mass is 16.4. The molecule has 1 aromatic rings. The lowest BCUT2D eigenvalue weighted by molar-refractivity contribution is 0.0696. The molecular weight excluding hydrogens is 226 g/mol. The molecule has 0 aromatic heterocycles. The molecule has 3 heteroatoms. The smallest absolute Gasteiger partial charge is 0.335 e. The van der Waals surface area contributed by atoms with Gasteiger partial charge in [-0.3, -0.25) is 0 Å². The number of benzene rings is 1. The zero-order valence-corrected chi connectivity index (χ0v) is 11.1. The second-order valence-electron chi connectivity index (χ2n) is 5.40. The monoisotopic (exact) mass is 247 g/mol. The third kappa shape index (κ3) is 2.50. The van der Waals surface area contributed by atoms with Crippen molar-refractivity contribution in [3.63, 3.8) is 0 Å². The van der Waals surface area contributed by atoms with Crippen LogP contribution in [0.5, 0.6) is 0 Å². The normalized spacial score (nSPS) is 17.0. The van der Waals surface area contributed by atoms with Crippen LogP contribution < -0.4 is 5.32 Å². The van der Waals surface area contributed by atoms with E-state index in [-0.39, 0.29) is 0 Å². The first-order valence-corrected chi connectivity index (χ1v) is 6.64. The summed E-state index contributed by atoms with van der Waals surface area (Å²) < 4.78 is 0. The second kappa shape index (κ2) is 5.01. The molecule has 0 aliphatic heterocycles. The summed E-state index contributed by atoms with van der Waals surface area (Å²) in [6.07, 6.45) is 5.17. The standard InChI is InChI=1S/C15H21NO2/c1-3-15(7-4-8-15)10-16-12-5-6-13(14(17)18)11(2)9-12/h5-6,9,16H,3-4,7-8,10H2,1-2H3,(H,17,18). The number of anilines is 1. The Hall–Kier alpha value is -1.51. The predicted octanol–water partition coefficient (Wildman–Crippen LogP) is 3.69. The van der Waals surface area contributed by atoms with Crippen molar-refractivity contribution >= 4 is 11.7 Å². The molecule has 98 valence electrons. The number of hydrogen-bond donors (Lipinski definition) is 2. The minimum Gasteiger partial charge on any atom is -0.478 e. The van der Waals surface area contributed by atoms with Gasteiger partial charge in [0.25, 0.3) is 0 Å². The van der Waals surface area contributed by atoms with Crippen LogP contribution in [0.2, 0.25) is 0 Å². The third-order valence-corrected chi connectivity index (χ3v) is 4.29. The summed E-state index contributed by atoms with van der Waals surface area (Å²) >= 11 is 0. The van der Waals surface area contributed by atoms with Crippen molar-refractivity contribution in [3.05, 3.63) is 29.3 Å². The third-order valence-electron chi connectivity index (χ3n) is 4.29. The maximum atomic E-state index is 10.9. The fourth-order valence-electron chi connectivity index (χ4n) is 2.64. The summed E-state index contributed by atoms with van der Waals surface area (Å²) in [6.45, 7) is 5.09. The van der Waals surface area contributed by atoms with Crippen LogP contribution in [0.3, 0.4) is 0 Å². The minimum absolute atomic E-state index is 0.384. The van der Waals surface area contributed by atoms with Gasteiger partial charge >= 0.3 is 5.97 Å². The van der Waals surface area contributed by atoms with Gasteiger partial charge in [-0.2, -0.15) is 0 Å². The Morgan fingerprint density at radius 3 is 2.61 bits per heavy atom. The van der Waals surface area contributed by atoms with E-state index in [1.54, 1.807) is 6.07 Å². The first kappa shape index (κ1) is 12.9. The molecular formula is C15H21NO2. The number of hydrogen-bond acceptors (Lipinski definition) is 2. The Kier molecular flexibility index (Phi) is 3.60. The van der Waals surface area contributed by atoms with Gasteiger partial charge in [0.1, 0.15) is 0 Å². The summed E-state index contributed by atoms with van der Waals surface area (Å²) in [5, 5.41) is 12.4. The van der Waals surface area contributed by atoms with Crippen molar-refractivity contribution in [2.45, 2.75) is 39.5 Å². The molecule has 0 unspecified atom stereocenters. The Balaban J connectivity index is 2.02. The number of carboxylic acid groups (broad SMARTS) is 1. The largest absolute Gasteiger partial charge is 0.478 e. The van der Waals surface area contributed by atoms with Gasteiger partial charge in [0.15, 0.2) is 0 Å². The molecule has 0 atom stereocenters. The van der Waals surface area contributed by atoms with E-state index in [4.69, 9.17) is 5.11 Å². The number of aryl methyl sites for hydroxylation is 1. The van der Waals surface area contributed by atoms with Crippen molar-refractivity contribution < 1.29 is 9.90 Å². The lowest BCUT2D eigenvalue weighted by Crippen LogP contribution is -2.35. The van der Waals surface area contributed by atoms with E-state index in [9.17, 15) is 4.79 Å². The molecule has 1 saturated carbocycles. The Morgan fingerprint density at radius 1 is 1.44 bits per heavy atom. The number of carbonyl (C=O) groups is 1. The zero-order chi connectivity index (χ0) is 13.2. The first-order valence-electron chi connectivity index (χ1n) is 6.64. The van der Waals surface area contributed by atoms with E-state index in [1.807, 2.05) is 19.1 Å². The molecule has 1 aliphatic carbocycles. The quantitative estimate of drug-likeness (QED) is 0.834. The van der Waals surface area contributed by atoms with Crippen LogP contribution >= 0.6 is 0 Å². The van der Waals surface area contributed by atoms with Gasteiger partial charge in [0, 0.05) is 12.2 Å². The average molecular weight is 247 g/mol. The molecule has 2 N–H and O–H groups in total. The van der Waals surface area contributed by atoms with Gasteiger partial charge in [-0.25, -0.2) is 4.79 Å². The topological polar surface area (TPSA) is 49.3 Å². The molecule has 0 bridgehead atoms. The van der Waals surface area contributed by atoms with Crippen molar-refractivity contribution in [1.82, 2.24) is 0 Å². The van der Waals surface area contributed by atoms with Crippen LogP contribution in [0.15, 0.2) is 18.2 Å². The summed E-state index contributed by atoms with van der Waals surface area (Å²) in [7, 11) is 0. The van der Waals surface area contributed by atoms with Gasteiger partial charge in [-0.1, -0.05) is 13.3 Å². The van der Waals surface area contributed by atoms with Gasteiger partial charge in [0.2, 0.25) is 0 Å². The molecule has 0 radical (unpaired) electrons. The van der Waals surface area contributed by atoms with Gasteiger partial charge in [-0.15, -0.1) is 0 Å². The van der Waals surface area contributed by atoms with Gasteiger partial charge in [-0.05, 0) is 55.4 Å². The van der Waals surface area contributed by atoms with Crippen molar-refractivity contribution in [2.24, 2.45) is 5.41 Å². The van der Waals surface area contributed by atoms with Crippen LogP contribution in [0, 0.1) is 12.3 Å². The predicted molar refractivity (Wildman–Crippen MR) is 73.2 cm³/mol. The van der Waals surface area contributed by atoms with Gasteiger partial charge in [0.05, 0.1) is 5.56 Å². The van der Waals surface area contributed by atoms with Crippen LogP contribution in [-0.4, -0.2) is 17.6 Å². The molecule has 3 nitrogen and oxygen atoms in total. The molecule has 1 aliphatic rings. The zero-order valence-electron chi connectivity index (χ0n) is 11.1. The van der Waals surface area contributed by atoms with Gasteiger partial charge < -0.3 is 10.4 Å². The van der Waals surface area contributed by atoms with Crippen LogP contribution in [0.4, 0.5) is 5.69 Å². The summed E-state index contributed by atoms with van der Waals surface area (Å²) in [4.78, 5) is 10.9. The second-order valence-corrected chi connectivity index (χ2v) is 5.40. The van der Waals surface area contributed by atoms with Crippen molar-refractivity contribution in [2.75, 3.05) is 11.9 Å². The first-order chi connectivity index (χ1) is 8.56. The number of aromatic carboxylic acids is 1. The fraction of sp³-hybridized carbons (Fsp3) is 0.533. The Labute approximate surface area is 108 Å². The minimum atomic E-state index is -0.858. The molecule has 1 fully saturated rings. The van der Waals surface area contributed by atoms with Crippen molar-refractivity contribution in [3.8, 4) is 0 Å². The SMILES string of the molecule is CCC1(CNc2ccc(C(=O)O)c(C)c2)CCC1. The van der Waals surface area contributed by atoms with E-state index in [0.717, 1.165) is 17.8 Å². The van der Waals surface area contributed by atoms with E-state index in [0.29, 0.717) is 11.0 Å². The Morgan fingerprint density at radius 2 is 2.17 bits per heavy atom. The van der Waals surface area contributed by atoms with Crippen molar-refractivity contribution in [1.29, 1.82) is 0 Å². The van der Waals surface area contributed by atoms with E-state index >= 15 is 0 Å². The van der Waals surface area contributed by atoms with E-state index in [2.05, 4.69) is 12.2 Å². The molecule has 1 aromatic carbocycles. The molecule has 18 heavy (non-hydrogen) atoms. The molecule has 0 amide bonds. The molecule has 0 saturated heterocycles. The average Bonchev–Trinajstić information content (AvgIpc) is 2.27. The van der Waals surface area contributed by atoms with Crippen LogP contribution in [0.25, 0.3) is 0 Å². The number of rotatable bonds is 5. The Bertz CT molecular complexity index is 444. The maximum Gasteiger partial charge on any atom is 0.335 e. The highest BCUT2D eigenvalue weighted by Crippen LogP contribution is 2.43. The summed E-state index contributed by atoms with van der Waals surface area (Å²) in [5.41, 5.74) is 2.69. The van der Waals surface area contributed by atoms with E-state index in [1.165, 1.54) is 25.7 Å². The van der Waals surface area contributed by atoms with Crippen LogP contribution in [-0.2, 0) is 0 Å². The molecule has 2 rings (SSSR count). The number of nitrogens with one attached hydrogen (secondary N) is 1. The molecule has 0 heterocycles. The maximum absolute atomic E-state index is 10.9. The highest BCUT2D eigenvalue weighted by molar-refractivity contribution is 5.89. The fourth-order valence-corrected chi connectivity index (χ4v) is 2.64. The summed E-state index contributed by atoms with van der Waals surface area (Å²) in [5.74, 6) is -0.858. The van der Waals surface area contributed by atoms with Crippen LogP contribution in [0.1, 0.15) is 48.5 Å². The summed E-state index contributed by atoms with van der Waals surface area (Å²) in [6, 6.07) is 5.46. The van der Waals surface area contributed by atoms with E-state index < -0.39 is 5.97 Å². The lowest BCUT2D eigenvalue weighted by Gasteiger charge is -2.41. The lowest BCUT2D eigenvalue weighted by atomic mass is 9.67.